The molecule has 1 aromatic rings. The molecule has 5 heteroatoms. The first-order valence-corrected chi connectivity index (χ1v) is 9.71. The van der Waals surface area contributed by atoms with Crippen molar-refractivity contribution in [3.8, 4) is 0 Å². The summed E-state index contributed by atoms with van der Waals surface area (Å²) < 4.78 is 23.4. The summed E-state index contributed by atoms with van der Waals surface area (Å²) in [5, 5.41) is 4.16. The molecule has 0 aliphatic carbocycles. The van der Waals surface area contributed by atoms with Crippen molar-refractivity contribution < 1.29 is 8.42 Å². The molecule has 0 saturated carbocycles. The van der Waals surface area contributed by atoms with E-state index in [1.54, 1.807) is 6.92 Å². The van der Waals surface area contributed by atoms with Crippen LogP contribution < -0.4 is 5.32 Å². The molecule has 0 heterocycles. The van der Waals surface area contributed by atoms with E-state index >= 15 is 0 Å². The third kappa shape index (κ3) is 7.30. The first kappa shape index (κ1) is 18.5. The van der Waals surface area contributed by atoms with Crippen LogP contribution in [0, 0.1) is 5.92 Å². The highest BCUT2D eigenvalue weighted by Gasteiger charge is 2.16. The van der Waals surface area contributed by atoms with Gasteiger partial charge in [-0.2, -0.15) is 0 Å². The minimum atomic E-state index is -2.92. The number of rotatable bonds is 9. The number of halogens is 1. The van der Waals surface area contributed by atoms with Crippen LogP contribution in [0.2, 0.25) is 5.02 Å². The summed E-state index contributed by atoms with van der Waals surface area (Å²) in [7, 11) is -2.92. The van der Waals surface area contributed by atoms with Crippen molar-refractivity contribution in [2.75, 3.05) is 18.1 Å². The van der Waals surface area contributed by atoms with Gasteiger partial charge in [0.15, 0.2) is 0 Å². The molecule has 0 fully saturated rings. The molecule has 0 amide bonds. The Bertz CT molecular complexity index is 529. The van der Waals surface area contributed by atoms with Crippen molar-refractivity contribution in [2.24, 2.45) is 5.92 Å². The second kappa shape index (κ2) is 8.76. The van der Waals surface area contributed by atoms with Gasteiger partial charge in [0.1, 0.15) is 9.84 Å². The molecule has 1 rings (SSSR count). The predicted octanol–water partition coefficient (Wildman–Crippen LogP) is 3.32. The minimum absolute atomic E-state index is 0.212. The van der Waals surface area contributed by atoms with Crippen LogP contribution in [0.1, 0.15) is 32.8 Å². The summed E-state index contributed by atoms with van der Waals surface area (Å²) >= 11 is 6.21. The lowest BCUT2D eigenvalue weighted by atomic mass is 9.96. The maximum absolute atomic E-state index is 11.7. The highest BCUT2D eigenvalue weighted by molar-refractivity contribution is 7.91. The van der Waals surface area contributed by atoms with Gasteiger partial charge in [-0.05, 0) is 36.9 Å². The summed E-state index contributed by atoms with van der Waals surface area (Å²) in [6.45, 7) is 6.69. The molecule has 1 unspecified atom stereocenters. The van der Waals surface area contributed by atoms with Gasteiger partial charge in [-0.15, -0.1) is 0 Å². The van der Waals surface area contributed by atoms with Gasteiger partial charge in [-0.1, -0.05) is 50.6 Å². The third-order valence-corrected chi connectivity index (χ3v) is 5.66. The van der Waals surface area contributed by atoms with Gasteiger partial charge in [-0.25, -0.2) is 8.42 Å². The number of benzene rings is 1. The maximum Gasteiger partial charge on any atom is 0.150 e. The van der Waals surface area contributed by atoms with E-state index in [2.05, 4.69) is 19.2 Å². The van der Waals surface area contributed by atoms with Crippen LogP contribution in [-0.2, 0) is 16.3 Å². The summed E-state index contributed by atoms with van der Waals surface area (Å²) in [5.74, 6) is 0.732. The fourth-order valence-corrected chi connectivity index (χ4v) is 3.34. The first-order valence-electron chi connectivity index (χ1n) is 7.51. The number of hydrogen-bond donors (Lipinski definition) is 1. The van der Waals surface area contributed by atoms with Gasteiger partial charge in [0.05, 0.1) is 5.75 Å². The van der Waals surface area contributed by atoms with Crippen LogP contribution in [0.4, 0.5) is 0 Å². The molecular formula is C16H26ClNO2S. The van der Waals surface area contributed by atoms with E-state index in [1.807, 2.05) is 24.3 Å². The zero-order chi connectivity index (χ0) is 15.9. The molecule has 0 aromatic heterocycles. The average Bonchev–Trinajstić information content (AvgIpc) is 2.44. The molecule has 1 aromatic carbocycles. The Kier molecular flexibility index (Phi) is 7.71. The molecule has 3 nitrogen and oxygen atoms in total. The van der Waals surface area contributed by atoms with E-state index in [-0.39, 0.29) is 17.4 Å². The summed E-state index contributed by atoms with van der Waals surface area (Å²) in [5.41, 5.74) is 1.09. The standard InChI is InChI=1S/C16H26ClNO2S/c1-4-21(19,20)10-9-14(12-18-13(2)3)11-15-7-5-6-8-16(15)17/h5-8,13-14,18H,4,9-12H2,1-3H3. The molecule has 120 valence electrons. The Balaban J connectivity index is 2.70. The Labute approximate surface area is 134 Å². The Morgan fingerprint density at radius 1 is 1.24 bits per heavy atom. The smallest absolute Gasteiger partial charge is 0.150 e. The van der Waals surface area contributed by atoms with Gasteiger partial charge in [0, 0.05) is 16.8 Å². The van der Waals surface area contributed by atoms with Gasteiger partial charge in [0.2, 0.25) is 0 Å². The highest BCUT2D eigenvalue weighted by atomic mass is 35.5. The van der Waals surface area contributed by atoms with E-state index < -0.39 is 9.84 Å². The normalized spacial score (nSPS) is 13.6. The molecule has 0 aliphatic heterocycles. The lowest BCUT2D eigenvalue weighted by molar-refractivity contribution is 0.435. The van der Waals surface area contributed by atoms with Gasteiger partial charge in [-0.3, -0.25) is 0 Å². The lowest BCUT2D eigenvalue weighted by Gasteiger charge is -2.20. The van der Waals surface area contributed by atoms with Gasteiger partial charge < -0.3 is 5.32 Å². The highest BCUT2D eigenvalue weighted by Crippen LogP contribution is 2.20. The van der Waals surface area contributed by atoms with Crippen molar-refractivity contribution in [3.63, 3.8) is 0 Å². The van der Waals surface area contributed by atoms with Crippen LogP contribution in [-0.4, -0.2) is 32.5 Å². The molecule has 0 bridgehead atoms. The van der Waals surface area contributed by atoms with Crippen molar-refractivity contribution in [1.29, 1.82) is 0 Å². The van der Waals surface area contributed by atoms with Crippen molar-refractivity contribution in [2.45, 2.75) is 39.7 Å². The van der Waals surface area contributed by atoms with Crippen LogP contribution >= 0.6 is 11.6 Å². The minimum Gasteiger partial charge on any atom is -0.314 e. The molecule has 21 heavy (non-hydrogen) atoms. The predicted molar refractivity (Wildman–Crippen MR) is 90.7 cm³/mol. The van der Waals surface area contributed by atoms with Crippen LogP contribution in [0.15, 0.2) is 24.3 Å². The first-order chi connectivity index (χ1) is 9.84. The Morgan fingerprint density at radius 3 is 2.48 bits per heavy atom. The second-order valence-corrected chi connectivity index (χ2v) is 8.63. The molecule has 1 atom stereocenters. The van der Waals surface area contributed by atoms with Gasteiger partial charge in [0.25, 0.3) is 0 Å². The lowest BCUT2D eigenvalue weighted by Crippen LogP contribution is -2.31. The van der Waals surface area contributed by atoms with E-state index in [4.69, 9.17) is 11.6 Å². The van der Waals surface area contributed by atoms with E-state index in [9.17, 15) is 8.42 Å². The molecular weight excluding hydrogens is 306 g/mol. The average molecular weight is 332 g/mol. The van der Waals surface area contributed by atoms with Crippen molar-refractivity contribution in [1.82, 2.24) is 5.32 Å². The Hall–Kier alpha value is -0.580. The maximum atomic E-state index is 11.7. The van der Waals surface area contributed by atoms with E-state index in [1.165, 1.54) is 0 Å². The van der Waals surface area contributed by atoms with Crippen LogP contribution in [0.5, 0.6) is 0 Å². The van der Waals surface area contributed by atoms with E-state index in [0.29, 0.717) is 12.5 Å². The second-order valence-electron chi connectivity index (χ2n) is 5.75. The SMILES string of the molecule is CCS(=O)(=O)CCC(CNC(C)C)Cc1ccccc1Cl. The zero-order valence-corrected chi connectivity index (χ0v) is 14.7. The quantitative estimate of drug-likeness (QED) is 0.755. The molecule has 0 spiro atoms. The third-order valence-electron chi connectivity index (χ3n) is 3.56. The molecule has 1 N–H and O–H groups in total. The molecule has 0 saturated heterocycles. The fourth-order valence-electron chi connectivity index (χ4n) is 2.14. The number of sulfone groups is 1. The number of hydrogen-bond acceptors (Lipinski definition) is 3. The summed E-state index contributed by atoms with van der Waals surface area (Å²) in [6, 6.07) is 8.17. The fraction of sp³-hybridized carbons (Fsp3) is 0.625. The van der Waals surface area contributed by atoms with Crippen molar-refractivity contribution in [3.05, 3.63) is 34.9 Å². The largest absolute Gasteiger partial charge is 0.314 e. The number of nitrogens with one attached hydrogen (secondary N) is 1. The van der Waals surface area contributed by atoms with E-state index in [0.717, 1.165) is 23.6 Å². The topological polar surface area (TPSA) is 46.2 Å². The monoisotopic (exact) mass is 331 g/mol. The zero-order valence-electron chi connectivity index (χ0n) is 13.1. The van der Waals surface area contributed by atoms with Crippen LogP contribution in [0.3, 0.4) is 0 Å². The van der Waals surface area contributed by atoms with Crippen molar-refractivity contribution >= 4 is 21.4 Å². The summed E-state index contributed by atoms with van der Waals surface area (Å²) in [6.07, 6.45) is 1.47. The van der Waals surface area contributed by atoms with Crippen LogP contribution in [0.25, 0.3) is 0 Å². The Morgan fingerprint density at radius 2 is 1.90 bits per heavy atom. The van der Waals surface area contributed by atoms with Gasteiger partial charge >= 0.3 is 0 Å². The molecule has 0 aliphatic rings. The molecule has 0 radical (unpaired) electrons. The summed E-state index contributed by atoms with van der Waals surface area (Å²) in [4.78, 5) is 0.